The van der Waals surface area contributed by atoms with Gasteiger partial charge >= 0.3 is 0 Å². The number of hydrogen-bond donors (Lipinski definition) is 1. The molecule has 4 unspecified atom stereocenters. The van der Waals surface area contributed by atoms with Crippen molar-refractivity contribution >= 4 is 0 Å². The number of piperidine rings is 1. The molecular weight excluding hydrogens is 236 g/mol. The third kappa shape index (κ3) is 3.50. The Kier molecular flexibility index (Phi) is 4.91. The average Bonchev–Trinajstić information content (AvgIpc) is 2.38. The van der Waals surface area contributed by atoms with E-state index < -0.39 is 0 Å². The van der Waals surface area contributed by atoms with E-state index in [1.54, 1.807) is 0 Å². The third-order valence-corrected chi connectivity index (χ3v) is 5.42. The number of hydrogen-bond acceptors (Lipinski definition) is 3. The number of likely N-dealkylation sites (N-methyl/N-ethyl adjacent to an activating group) is 1. The smallest absolute Gasteiger partial charge is 0.0724 e. The van der Waals surface area contributed by atoms with Crippen LogP contribution in [0, 0.1) is 11.3 Å². The van der Waals surface area contributed by atoms with Crippen LogP contribution < -0.4 is 5.32 Å². The number of nitrogens with zero attached hydrogens (tertiary/aromatic N) is 1. The van der Waals surface area contributed by atoms with E-state index in [1.807, 2.05) is 7.11 Å². The lowest BCUT2D eigenvalue weighted by molar-refractivity contribution is -0.0394. The second-order valence-corrected chi connectivity index (χ2v) is 7.40. The maximum atomic E-state index is 5.68. The van der Waals surface area contributed by atoms with Crippen molar-refractivity contribution in [1.29, 1.82) is 0 Å². The second-order valence-electron chi connectivity index (χ2n) is 7.40. The molecule has 4 atom stereocenters. The number of likely N-dealkylation sites (tertiary alicyclic amines) is 1. The molecule has 3 heteroatoms. The summed E-state index contributed by atoms with van der Waals surface area (Å²) in [5, 5.41) is 3.55. The Labute approximate surface area is 119 Å². The highest BCUT2D eigenvalue weighted by Gasteiger charge is 2.39. The molecule has 19 heavy (non-hydrogen) atoms. The molecule has 1 N–H and O–H groups in total. The summed E-state index contributed by atoms with van der Waals surface area (Å²) in [5.74, 6) is 0.700. The van der Waals surface area contributed by atoms with Gasteiger partial charge in [-0.05, 0) is 50.6 Å². The van der Waals surface area contributed by atoms with Crippen molar-refractivity contribution in [2.75, 3.05) is 27.2 Å². The predicted molar refractivity (Wildman–Crippen MR) is 80.4 cm³/mol. The molecule has 0 amide bonds. The number of rotatable bonds is 3. The molecule has 0 bridgehead atoms. The van der Waals surface area contributed by atoms with E-state index in [0.717, 1.165) is 6.54 Å². The molecule has 1 saturated carbocycles. The zero-order chi connectivity index (χ0) is 14.0. The third-order valence-electron chi connectivity index (χ3n) is 5.42. The van der Waals surface area contributed by atoms with E-state index in [4.69, 9.17) is 4.74 Å². The molecule has 1 heterocycles. The summed E-state index contributed by atoms with van der Waals surface area (Å²) in [4.78, 5) is 2.69. The minimum absolute atomic E-state index is 0.413. The first-order chi connectivity index (χ1) is 8.96. The molecule has 1 saturated heterocycles. The first-order valence-corrected chi connectivity index (χ1v) is 7.91. The summed E-state index contributed by atoms with van der Waals surface area (Å²) >= 11 is 0. The number of nitrogens with one attached hydrogen (secondary N) is 1. The Morgan fingerprint density at radius 3 is 2.63 bits per heavy atom. The van der Waals surface area contributed by atoms with Crippen LogP contribution in [0.25, 0.3) is 0 Å². The molecule has 0 aromatic rings. The first kappa shape index (κ1) is 15.3. The molecule has 0 radical (unpaired) electrons. The maximum absolute atomic E-state index is 5.68. The maximum Gasteiger partial charge on any atom is 0.0724 e. The van der Waals surface area contributed by atoms with Crippen molar-refractivity contribution < 1.29 is 4.74 Å². The van der Waals surface area contributed by atoms with Gasteiger partial charge in [0.15, 0.2) is 0 Å². The van der Waals surface area contributed by atoms with Crippen molar-refractivity contribution in [3.05, 3.63) is 0 Å². The van der Waals surface area contributed by atoms with Crippen LogP contribution in [0.4, 0.5) is 0 Å². The fraction of sp³-hybridized carbons (Fsp3) is 1.00. The summed E-state index contributed by atoms with van der Waals surface area (Å²) in [5.41, 5.74) is 0.490. The highest BCUT2D eigenvalue weighted by atomic mass is 16.5. The van der Waals surface area contributed by atoms with Gasteiger partial charge in [0, 0.05) is 25.7 Å². The summed E-state index contributed by atoms with van der Waals surface area (Å²) in [6.45, 7) is 9.51. The minimum Gasteiger partial charge on any atom is -0.380 e. The van der Waals surface area contributed by atoms with Crippen molar-refractivity contribution in [2.24, 2.45) is 11.3 Å². The highest BCUT2D eigenvalue weighted by molar-refractivity contribution is 4.96. The SMILES string of the molecule is CNC1CCC(C)(C)CC1N1CCC(C)C(OC)C1. The minimum atomic E-state index is 0.413. The molecular formula is C16H32N2O. The summed E-state index contributed by atoms with van der Waals surface area (Å²) in [6, 6.07) is 1.33. The van der Waals surface area contributed by atoms with Crippen molar-refractivity contribution in [3.8, 4) is 0 Å². The number of methoxy groups -OCH3 is 1. The average molecular weight is 268 g/mol. The van der Waals surface area contributed by atoms with Gasteiger partial charge in [0.25, 0.3) is 0 Å². The molecule has 1 aliphatic heterocycles. The van der Waals surface area contributed by atoms with E-state index in [0.29, 0.717) is 29.5 Å². The van der Waals surface area contributed by atoms with Crippen LogP contribution in [0.15, 0.2) is 0 Å². The van der Waals surface area contributed by atoms with Gasteiger partial charge in [0.1, 0.15) is 0 Å². The van der Waals surface area contributed by atoms with Crippen LogP contribution in [0.1, 0.15) is 46.5 Å². The summed E-state index contributed by atoms with van der Waals surface area (Å²) < 4.78 is 5.68. The first-order valence-electron chi connectivity index (χ1n) is 7.91. The molecule has 2 fully saturated rings. The number of ether oxygens (including phenoxy) is 1. The van der Waals surface area contributed by atoms with Gasteiger partial charge in [0.05, 0.1) is 6.10 Å². The Bertz CT molecular complexity index is 292. The van der Waals surface area contributed by atoms with Gasteiger partial charge in [-0.15, -0.1) is 0 Å². The van der Waals surface area contributed by atoms with Crippen molar-refractivity contribution in [3.63, 3.8) is 0 Å². The van der Waals surface area contributed by atoms with Gasteiger partial charge < -0.3 is 10.1 Å². The van der Waals surface area contributed by atoms with Crippen LogP contribution in [-0.2, 0) is 4.74 Å². The van der Waals surface area contributed by atoms with Crippen LogP contribution in [0.5, 0.6) is 0 Å². The van der Waals surface area contributed by atoms with Crippen LogP contribution in [0.3, 0.4) is 0 Å². The van der Waals surface area contributed by atoms with Crippen LogP contribution >= 0.6 is 0 Å². The van der Waals surface area contributed by atoms with E-state index in [2.05, 4.69) is 38.0 Å². The van der Waals surface area contributed by atoms with E-state index in [-0.39, 0.29) is 0 Å². The lowest BCUT2D eigenvalue weighted by atomic mass is 9.72. The highest BCUT2D eigenvalue weighted by Crippen LogP contribution is 2.38. The van der Waals surface area contributed by atoms with Crippen molar-refractivity contribution in [2.45, 2.75) is 64.6 Å². The summed E-state index contributed by atoms with van der Waals surface area (Å²) in [6.07, 6.45) is 5.64. The van der Waals surface area contributed by atoms with Gasteiger partial charge in [-0.3, -0.25) is 4.90 Å². The summed E-state index contributed by atoms with van der Waals surface area (Å²) in [7, 11) is 3.99. The normalized spacial score (nSPS) is 40.3. The zero-order valence-electron chi connectivity index (χ0n) is 13.4. The van der Waals surface area contributed by atoms with E-state index in [1.165, 1.54) is 32.2 Å². The molecule has 0 aromatic carbocycles. The largest absolute Gasteiger partial charge is 0.380 e. The Morgan fingerprint density at radius 1 is 1.26 bits per heavy atom. The van der Waals surface area contributed by atoms with Gasteiger partial charge in [0.2, 0.25) is 0 Å². The van der Waals surface area contributed by atoms with Crippen molar-refractivity contribution in [1.82, 2.24) is 10.2 Å². The Hall–Kier alpha value is -0.120. The van der Waals surface area contributed by atoms with Gasteiger partial charge in [-0.25, -0.2) is 0 Å². The quantitative estimate of drug-likeness (QED) is 0.851. The molecule has 0 aromatic heterocycles. The van der Waals surface area contributed by atoms with Gasteiger partial charge in [-0.1, -0.05) is 20.8 Å². The molecule has 0 spiro atoms. The lowest BCUT2D eigenvalue weighted by Gasteiger charge is -2.49. The molecule has 1 aliphatic carbocycles. The predicted octanol–water partition coefficient (Wildman–Crippen LogP) is 2.51. The molecule has 3 nitrogen and oxygen atoms in total. The Morgan fingerprint density at radius 2 is 2.00 bits per heavy atom. The second kappa shape index (κ2) is 6.11. The standard InChI is InChI=1S/C16H32N2O/c1-12-7-9-18(11-15(12)19-5)14-10-16(2,3)8-6-13(14)17-4/h12-15,17H,6-11H2,1-5H3. The van der Waals surface area contributed by atoms with Crippen LogP contribution in [0.2, 0.25) is 0 Å². The topological polar surface area (TPSA) is 24.5 Å². The zero-order valence-corrected chi connectivity index (χ0v) is 13.4. The van der Waals surface area contributed by atoms with E-state index in [9.17, 15) is 0 Å². The Balaban J connectivity index is 2.05. The fourth-order valence-electron chi connectivity index (χ4n) is 3.94. The molecule has 112 valence electrons. The lowest BCUT2D eigenvalue weighted by Crippen LogP contribution is -2.58. The monoisotopic (exact) mass is 268 g/mol. The van der Waals surface area contributed by atoms with E-state index >= 15 is 0 Å². The van der Waals surface area contributed by atoms with Crippen LogP contribution in [-0.4, -0.2) is 50.3 Å². The molecule has 2 rings (SSSR count). The fourth-order valence-corrected chi connectivity index (χ4v) is 3.94. The molecule has 2 aliphatic rings. The van der Waals surface area contributed by atoms with Gasteiger partial charge in [-0.2, -0.15) is 0 Å².